The lowest BCUT2D eigenvalue weighted by Gasteiger charge is -2.50. The molecule has 0 saturated heterocycles. The molecule has 0 saturated carbocycles. The number of hydrogen-bond donors (Lipinski definition) is 0. The van der Waals surface area contributed by atoms with Gasteiger partial charge < -0.3 is 4.12 Å². The topological polar surface area (TPSA) is 9.23 Å². The van der Waals surface area contributed by atoms with Crippen LogP contribution in [0.5, 0.6) is 0 Å². The van der Waals surface area contributed by atoms with Gasteiger partial charge in [0.25, 0.3) is 0 Å². The van der Waals surface area contributed by atoms with E-state index in [0.29, 0.717) is 0 Å². The Hall–Kier alpha value is -1.78. The molecule has 0 atom stereocenters. The van der Waals surface area contributed by atoms with Gasteiger partial charge in [-0.15, -0.1) is 5.73 Å². The second-order valence-electron chi connectivity index (χ2n) is 15.2. The second kappa shape index (κ2) is 11.8. The molecule has 0 aliphatic carbocycles. The maximum Gasteiger partial charge on any atom is 0.184 e. The lowest BCUT2D eigenvalue weighted by Crippen LogP contribution is -2.75. The molecule has 214 valence electrons. The quantitative estimate of drug-likeness (QED) is 0.134. The zero-order valence-corrected chi connectivity index (χ0v) is 32.1. The fourth-order valence-corrected chi connectivity index (χ4v) is 63.0. The zero-order chi connectivity index (χ0) is 30.0. The van der Waals surface area contributed by atoms with Gasteiger partial charge in [0.15, 0.2) is 23.7 Å². The summed E-state index contributed by atoms with van der Waals surface area (Å²) >= 11 is 0. The lowest BCUT2D eigenvalue weighted by molar-refractivity contribution is 0.528. The third kappa shape index (κ3) is 6.65. The van der Waals surface area contributed by atoms with E-state index < -0.39 is 38.9 Å². The van der Waals surface area contributed by atoms with Crippen molar-refractivity contribution in [1.29, 1.82) is 0 Å². The van der Waals surface area contributed by atoms with Crippen LogP contribution in [0.2, 0.25) is 58.9 Å². The first-order valence-electron chi connectivity index (χ1n) is 14.7. The molecule has 0 aromatic heterocycles. The second-order valence-corrected chi connectivity index (χ2v) is 49.7. The predicted molar refractivity (Wildman–Crippen MR) is 192 cm³/mol. The molecular formula is C34H52OSi5. The fourth-order valence-electron chi connectivity index (χ4n) is 6.44. The van der Waals surface area contributed by atoms with E-state index in [4.69, 9.17) is 4.12 Å². The Morgan fingerprint density at radius 1 is 0.575 bits per heavy atom. The van der Waals surface area contributed by atoms with Gasteiger partial charge in [-0.3, -0.25) is 0 Å². The summed E-state index contributed by atoms with van der Waals surface area (Å²) in [7, 11) is -10.2. The molecule has 0 bridgehead atoms. The Kier molecular flexibility index (Phi) is 9.69. The van der Waals surface area contributed by atoms with Crippen LogP contribution in [0.25, 0.3) is 0 Å². The van der Waals surface area contributed by atoms with Crippen LogP contribution in [0.3, 0.4) is 0 Å². The number of allylic oxidation sites excluding steroid dienone is 1. The van der Waals surface area contributed by atoms with Gasteiger partial charge in [-0.2, -0.15) is 0 Å². The van der Waals surface area contributed by atoms with Gasteiger partial charge in [-0.1, -0.05) is 151 Å². The van der Waals surface area contributed by atoms with Gasteiger partial charge in [-0.25, -0.2) is 0 Å². The molecule has 1 nitrogen and oxygen atoms in total. The zero-order valence-electron chi connectivity index (χ0n) is 27.1. The van der Waals surface area contributed by atoms with E-state index in [9.17, 15) is 0 Å². The van der Waals surface area contributed by atoms with E-state index in [1.54, 1.807) is 0 Å². The smallest absolute Gasteiger partial charge is 0.184 e. The van der Waals surface area contributed by atoms with Crippen LogP contribution in [0.4, 0.5) is 0 Å². The van der Waals surface area contributed by atoms with Crippen LogP contribution >= 0.6 is 0 Å². The Morgan fingerprint density at radius 2 is 0.900 bits per heavy atom. The lowest BCUT2D eigenvalue weighted by atomic mass is 9.96. The Morgan fingerprint density at radius 3 is 1.15 bits per heavy atom. The summed E-state index contributed by atoms with van der Waals surface area (Å²) < 4.78 is 7.53. The van der Waals surface area contributed by atoms with E-state index in [2.05, 4.69) is 182 Å². The molecule has 0 fully saturated rings. The summed E-state index contributed by atoms with van der Waals surface area (Å²) in [5, 5.41) is 5.68. The van der Waals surface area contributed by atoms with Crippen LogP contribution in [0.15, 0.2) is 108 Å². The van der Waals surface area contributed by atoms with Gasteiger partial charge in [0, 0.05) is 0 Å². The minimum Gasteiger partial charge on any atom is -0.456 e. The highest BCUT2D eigenvalue weighted by atomic mass is 29.7. The standard InChI is InChI=1S/C34H52OSi5/c1-34(2,3)33(28-29-39(37(7,8)9,38(10,11)12)35-36(4,5)6)40(30-22-16-13-17-23-30,31-24-18-14-19-25-31)32-26-20-15-21-27-32/h13-27,29H,1-12H3. The van der Waals surface area contributed by atoms with Crippen LogP contribution in [-0.2, 0) is 4.12 Å². The third-order valence-corrected chi connectivity index (χ3v) is 51.4. The molecule has 0 heterocycles. The van der Waals surface area contributed by atoms with Crippen molar-refractivity contribution in [3.63, 3.8) is 0 Å². The summed E-state index contributed by atoms with van der Waals surface area (Å²) in [4.78, 5) is 0. The molecule has 0 aliphatic rings. The summed E-state index contributed by atoms with van der Waals surface area (Å²) in [5.74, 6) is 0. The van der Waals surface area contributed by atoms with Crippen molar-refractivity contribution in [1.82, 2.24) is 0 Å². The van der Waals surface area contributed by atoms with Crippen molar-refractivity contribution in [3.05, 3.63) is 108 Å². The number of rotatable bonds is 9. The van der Waals surface area contributed by atoms with Crippen molar-refractivity contribution in [2.45, 2.75) is 79.7 Å². The maximum absolute atomic E-state index is 7.53. The molecule has 0 radical (unpaired) electrons. The first-order chi connectivity index (χ1) is 18.4. The van der Waals surface area contributed by atoms with Crippen molar-refractivity contribution in [2.24, 2.45) is 5.41 Å². The van der Waals surface area contributed by atoms with E-state index in [1.807, 2.05) is 0 Å². The number of benzene rings is 3. The predicted octanol–water partition coefficient (Wildman–Crippen LogP) is 7.99. The molecular weight excluding hydrogens is 565 g/mol. The third-order valence-electron chi connectivity index (χ3n) is 7.86. The Balaban J connectivity index is 2.64. The van der Waals surface area contributed by atoms with Gasteiger partial charge in [-0.05, 0) is 51.5 Å². The van der Waals surface area contributed by atoms with Crippen LogP contribution in [0, 0.1) is 5.41 Å². The number of hydrogen-bond acceptors (Lipinski definition) is 1. The van der Waals surface area contributed by atoms with Crippen LogP contribution in [-0.4, -0.2) is 38.9 Å². The van der Waals surface area contributed by atoms with Gasteiger partial charge in [0.2, 0.25) is 0 Å². The molecule has 3 aromatic rings. The van der Waals surface area contributed by atoms with Gasteiger partial charge in [0.05, 0.1) is 15.2 Å². The first-order valence-corrected chi connectivity index (χ1v) is 31.1. The average molecular weight is 617 g/mol. The normalized spacial score (nSPS) is 13.5. The molecule has 3 rings (SSSR count). The van der Waals surface area contributed by atoms with E-state index in [0.717, 1.165) is 0 Å². The highest BCUT2D eigenvalue weighted by Crippen LogP contribution is 2.37. The minimum atomic E-state index is -2.68. The first kappa shape index (κ1) is 32.7. The largest absolute Gasteiger partial charge is 0.456 e. The van der Waals surface area contributed by atoms with Crippen molar-refractivity contribution in [3.8, 4) is 0 Å². The molecule has 0 amide bonds. The molecule has 6 heteroatoms. The minimum absolute atomic E-state index is 0.0948. The summed E-state index contributed by atoms with van der Waals surface area (Å²) in [6.07, 6.45) is 0. The highest BCUT2D eigenvalue weighted by Gasteiger charge is 2.57. The monoisotopic (exact) mass is 616 g/mol. The van der Waals surface area contributed by atoms with E-state index in [1.165, 1.54) is 20.8 Å². The van der Waals surface area contributed by atoms with Crippen molar-refractivity contribution >= 4 is 54.5 Å². The van der Waals surface area contributed by atoms with Crippen molar-refractivity contribution in [2.75, 3.05) is 0 Å². The Labute approximate surface area is 250 Å². The van der Waals surface area contributed by atoms with Crippen LogP contribution in [0.1, 0.15) is 20.8 Å². The van der Waals surface area contributed by atoms with E-state index >= 15 is 0 Å². The maximum atomic E-state index is 7.53. The van der Waals surface area contributed by atoms with Gasteiger partial charge >= 0.3 is 0 Å². The summed E-state index contributed by atoms with van der Waals surface area (Å²) in [6, 6.07) is 33.9. The van der Waals surface area contributed by atoms with Crippen LogP contribution < -0.4 is 15.6 Å². The fraction of sp³-hybridized carbons (Fsp3) is 0.382. The molecule has 0 spiro atoms. The SMILES string of the molecule is CC(C)(C)C(=C=C[Si](O[Si](C)(C)C)([Si](C)(C)C)[Si](C)(C)C)[Si](c1ccccc1)(c1ccccc1)c1ccccc1. The average Bonchev–Trinajstić information content (AvgIpc) is 2.84. The molecule has 40 heavy (non-hydrogen) atoms. The highest BCUT2D eigenvalue weighted by molar-refractivity contribution is 7.69. The molecule has 3 aromatic carbocycles. The van der Waals surface area contributed by atoms with E-state index in [-0.39, 0.29) is 5.41 Å². The summed E-state index contributed by atoms with van der Waals surface area (Å²) in [5.41, 5.74) is 6.77. The molecule has 0 aliphatic heterocycles. The molecule has 0 unspecified atom stereocenters. The van der Waals surface area contributed by atoms with Gasteiger partial charge in [0.1, 0.15) is 0 Å². The van der Waals surface area contributed by atoms with Crippen molar-refractivity contribution < 1.29 is 4.12 Å². The Bertz CT molecular complexity index is 1210. The molecule has 0 N–H and O–H groups in total. The summed E-state index contributed by atoms with van der Waals surface area (Å²) in [6.45, 7) is 29.7.